The fourth-order valence-corrected chi connectivity index (χ4v) is 2.66. The van der Waals surface area contributed by atoms with Crippen LogP contribution in [0.3, 0.4) is 0 Å². The van der Waals surface area contributed by atoms with Crippen molar-refractivity contribution in [2.45, 2.75) is 13.0 Å². The van der Waals surface area contributed by atoms with E-state index in [0.717, 1.165) is 24.4 Å². The molecule has 7 nitrogen and oxygen atoms in total. The number of pyridine rings is 1. The highest BCUT2D eigenvalue weighted by atomic mass is 19.4. The van der Waals surface area contributed by atoms with Gasteiger partial charge in [0.2, 0.25) is 5.91 Å². The molecule has 3 aromatic rings. The first-order chi connectivity index (χ1) is 15.9. The Labute approximate surface area is 187 Å². The number of ether oxygens (including phenoxy) is 2. The molecule has 0 saturated heterocycles. The lowest BCUT2D eigenvalue weighted by Gasteiger charge is -2.13. The lowest BCUT2D eigenvalue weighted by molar-refractivity contribution is -0.275. The summed E-state index contributed by atoms with van der Waals surface area (Å²) in [6, 6.07) is 4.78. The van der Waals surface area contributed by atoms with Crippen LogP contribution < -0.4 is 20.5 Å². The highest BCUT2D eigenvalue weighted by molar-refractivity contribution is 6.04. The molecule has 2 aromatic carbocycles. The van der Waals surface area contributed by atoms with Gasteiger partial charge in [0.1, 0.15) is 18.2 Å². The van der Waals surface area contributed by atoms with E-state index in [9.17, 15) is 35.9 Å². The fourth-order valence-electron chi connectivity index (χ4n) is 2.66. The Hall–Kier alpha value is -4.29. The second-order valence-corrected chi connectivity index (χ2v) is 6.60. The van der Waals surface area contributed by atoms with Gasteiger partial charge >= 0.3 is 6.36 Å². The molecule has 0 saturated carbocycles. The van der Waals surface area contributed by atoms with Gasteiger partial charge in [-0.1, -0.05) is 0 Å². The summed E-state index contributed by atoms with van der Waals surface area (Å²) in [4.78, 5) is 27.2. The lowest BCUT2D eigenvalue weighted by Crippen LogP contribution is -2.19. The first-order valence-corrected chi connectivity index (χ1v) is 9.16. The summed E-state index contributed by atoms with van der Waals surface area (Å²) in [5.41, 5.74) is 3.56. The van der Waals surface area contributed by atoms with Gasteiger partial charge in [-0.3, -0.25) is 14.6 Å². The molecule has 0 unspecified atom stereocenters. The Morgan fingerprint density at radius 1 is 0.971 bits per heavy atom. The molecule has 0 fully saturated rings. The van der Waals surface area contributed by atoms with E-state index in [2.05, 4.69) is 15.0 Å². The number of halogens is 6. The summed E-state index contributed by atoms with van der Waals surface area (Å²) >= 11 is 0. The van der Waals surface area contributed by atoms with Crippen molar-refractivity contribution in [1.29, 1.82) is 0 Å². The predicted octanol–water partition coefficient (Wildman–Crippen LogP) is 4.33. The largest absolute Gasteiger partial charge is 0.573 e. The molecule has 0 spiro atoms. The molecule has 1 heterocycles. The van der Waals surface area contributed by atoms with Crippen molar-refractivity contribution in [3.05, 3.63) is 82.9 Å². The molecule has 0 aliphatic rings. The minimum Gasteiger partial charge on any atom is -0.487 e. The average Bonchev–Trinajstić information content (AvgIpc) is 2.76. The number of hydrogen-bond acceptors (Lipinski definition) is 5. The van der Waals surface area contributed by atoms with Crippen LogP contribution in [0.2, 0.25) is 0 Å². The van der Waals surface area contributed by atoms with Crippen LogP contribution in [0, 0.1) is 17.5 Å². The molecule has 1 aromatic heterocycles. The highest BCUT2D eigenvalue weighted by Crippen LogP contribution is 2.27. The Balaban J connectivity index is 1.76. The molecule has 13 heteroatoms. The number of primary amides is 1. The van der Waals surface area contributed by atoms with Crippen LogP contribution in [-0.2, 0) is 6.61 Å². The second-order valence-electron chi connectivity index (χ2n) is 6.60. The van der Waals surface area contributed by atoms with Gasteiger partial charge in [0.15, 0.2) is 17.4 Å². The number of carbonyl (C=O) groups excluding carboxylic acids is 2. The number of nitrogens with one attached hydrogen (secondary N) is 1. The molecule has 0 aliphatic carbocycles. The van der Waals surface area contributed by atoms with E-state index in [-0.39, 0.29) is 11.3 Å². The minimum atomic E-state index is -5.14. The van der Waals surface area contributed by atoms with Crippen LogP contribution >= 0.6 is 0 Å². The number of nitrogens with zero attached hydrogens (tertiary/aromatic N) is 1. The van der Waals surface area contributed by atoms with Gasteiger partial charge < -0.3 is 20.5 Å². The predicted molar refractivity (Wildman–Crippen MR) is 104 cm³/mol. The third kappa shape index (κ3) is 5.94. The lowest BCUT2D eigenvalue weighted by atomic mass is 10.1. The van der Waals surface area contributed by atoms with Gasteiger partial charge in [-0.05, 0) is 36.4 Å². The number of rotatable bonds is 7. The number of alkyl halides is 3. The average molecular weight is 485 g/mol. The summed E-state index contributed by atoms with van der Waals surface area (Å²) in [6.07, 6.45) is -2.80. The van der Waals surface area contributed by atoms with E-state index >= 15 is 0 Å². The maximum absolute atomic E-state index is 14.8. The molecule has 2 amide bonds. The van der Waals surface area contributed by atoms with Crippen LogP contribution in [0.25, 0.3) is 0 Å². The SMILES string of the molecule is NC(=O)c1cncc(OCc2c(F)ccc(NC(=O)c3ccc(OC(F)(F)F)c(F)c3)c2F)c1. The maximum atomic E-state index is 14.8. The van der Waals surface area contributed by atoms with Crippen LogP contribution in [0.5, 0.6) is 11.5 Å². The van der Waals surface area contributed by atoms with Gasteiger partial charge in [-0.15, -0.1) is 13.2 Å². The van der Waals surface area contributed by atoms with Gasteiger partial charge in [-0.25, -0.2) is 13.2 Å². The molecule has 3 rings (SSSR count). The van der Waals surface area contributed by atoms with Crippen molar-refractivity contribution < 1.29 is 45.4 Å². The minimum absolute atomic E-state index is 0.00153. The summed E-state index contributed by atoms with van der Waals surface area (Å²) < 4.78 is 88.2. The maximum Gasteiger partial charge on any atom is 0.573 e. The summed E-state index contributed by atoms with van der Waals surface area (Å²) in [7, 11) is 0. The number of amides is 2. The molecular weight excluding hydrogens is 472 g/mol. The van der Waals surface area contributed by atoms with E-state index in [4.69, 9.17) is 10.5 Å². The second kappa shape index (κ2) is 9.68. The zero-order chi connectivity index (χ0) is 25.0. The number of carbonyl (C=O) groups is 2. The Bertz CT molecular complexity index is 1250. The first-order valence-electron chi connectivity index (χ1n) is 9.16. The molecule has 0 bridgehead atoms. The van der Waals surface area contributed by atoms with Crippen LogP contribution in [0.15, 0.2) is 48.8 Å². The molecular formula is C21H13F6N3O4. The Kier molecular flexibility index (Phi) is 6.94. The van der Waals surface area contributed by atoms with E-state index in [0.29, 0.717) is 12.1 Å². The van der Waals surface area contributed by atoms with Crippen molar-refractivity contribution in [2.24, 2.45) is 5.73 Å². The molecule has 34 heavy (non-hydrogen) atoms. The third-order valence-electron chi connectivity index (χ3n) is 4.23. The van der Waals surface area contributed by atoms with E-state index < -0.39 is 64.8 Å². The summed E-state index contributed by atoms with van der Waals surface area (Å²) in [6.45, 7) is -0.663. The van der Waals surface area contributed by atoms with Crippen molar-refractivity contribution in [3.8, 4) is 11.5 Å². The number of benzene rings is 2. The van der Waals surface area contributed by atoms with Gasteiger partial charge in [0, 0.05) is 11.8 Å². The number of nitrogens with two attached hydrogens (primary N) is 1. The van der Waals surface area contributed by atoms with Crippen LogP contribution in [0.4, 0.5) is 32.0 Å². The number of hydrogen-bond donors (Lipinski definition) is 2. The van der Waals surface area contributed by atoms with E-state index in [1.54, 1.807) is 0 Å². The smallest absolute Gasteiger partial charge is 0.487 e. The van der Waals surface area contributed by atoms with Crippen molar-refractivity contribution in [1.82, 2.24) is 4.98 Å². The monoisotopic (exact) mass is 485 g/mol. The number of anilines is 1. The number of aromatic nitrogens is 1. The molecule has 0 aliphatic heterocycles. The van der Waals surface area contributed by atoms with E-state index in [1.165, 1.54) is 12.3 Å². The Morgan fingerprint density at radius 2 is 1.71 bits per heavy atom. The highest BCUT2D eigenvalue weighted by Gasteiger charge is 2.32. The zero-order valence-electron chi connectivity index (χ0n) is 16.8. The molecule has 0 atom stereocenters. The molecule has 178 valence electrons. The van der Waals surface area contributed by atoms with E-state index in [1.807, 2.05) is 0 Å². The quantitative estimate of drug-likeness (QED) is 0.485. The third-order valence-corrected chi connectivity index (χ3v) is 4.23. The van der Waals surface area contributed by atoms with Gasteiger partial charge in [0.05, 0.1) is 23.0 Å². The summed E-state index contributed by atoms with van der Waals surface area (Å²) in [5.74, 6) is -6.78. The Morgan fingerprint density at radius 3 is 2.35 bits per heavy atom. The topological polar surface area (TPSA) is 104 Å². The summed E-state index contributed by atoms with van der Waals surface area (Å²) in [5, 5.41) is 2.07. The molecule has 3 N–H and O–H groups in total. The van der Waals surface area contributed by atoms with Gasteiger partial charge in [-0.2, -0.15) is 0 Å². The van der Waals surface area contributed by atoms with Gasteiger partial charge in [0.25, 0.3) is 5.91 Å². The van der Waals surface area contributed by atoms with Crippen molar-refractivity contribution in [2.75, 3.05) is 5.32 Å². The fraction of sp³-hybridized carbons (Fsp3) is 0.0952. The standard InChI is InChI=1S/C21H13F6N3O4/c22-14-2-3-16(18(24)13(14)9-33-12-5-11(19(28)31)7-29-8-12)30-20(32)10-1-4-17(15(23)6-10)34-21(25,26)27/h1-8H,9H2,(H2,28,31)(H,30,32). The van der Waals surface area contributed by atoms with Crippen molar-refractivity contribution in [3.63, 3.8) is 0 Å². The molecule has 0 radical (unpaired) electrons. The first kappa shape index (κ1) is 24.4. The van der Waals surface area contributed by atoms with Crippen LogP contribution in [0.1, 0.15) is 26.3 Å². The zero-order valence-corrected chi connectivity index (χ0v) is 16.8. The van der Waals surface area contributed by atoms with Crippen molar-refractivity contribution >= 4 is 17.5 Å². The normalized spacial score (nSPS) is 11.1. The van der Waals surface area contributed by atoms with Crippen LogP contribution in [-0.4, -0.2) is 23.2 Å².